The molecule has 2 nitrogen and oxygen atoms in total. The van der Waals surface area contributed by atoms with Crippen molar-refractivity contribution in [3.63, 3.8) is 0 Å². The van der Waals surface area contributed by atoms with E-state index < -0.39 is 0 Å². The molecule has 0 fully saturated rings. The molecule has 0 radical (unpaired) electrons. The minimum absolute atomic E-state index is 1.03. The van der Waals surface area contributed by atoms with Crippen LogP contribution in [-0.2, 0) is 7.05 Å². The molecule has 0 N–H and O–H groups in total. The third-order valence-corrected chi connectivity index (χ3v) is 2.84. The Morgan fingerprint density at radius 2 is 1.81 bits per heavy atom. The van der Waals surface area contributed by atoms with Gasteiger partial charge in [0.2, 0.25) is 0 Å². The van der Waals surface area contributed by atoms with Crippen molar-refractivity contribution in [2.75, 3.05) is 0 Å². The Morgan fingerprint density at radius 3 is 2.62 bits per heavy atom. The first-order valence-electron chi connectivity index (χ1n) is 5.32. The molecule has 16 heavy (non-hydrogen) atoms. The second kappa shape index (κ2) is 3.49. The Bertz CT molecular complexity index is 624. The molecule has 0 atom stereocenters. The number of hydrogen-bond acceptors (Lipinski definition) is 1. The number of benzene rings is 1. The Kier molecular flexibility index (Phi) is 2.00. The quantitative estimate of drug-likeness (QED) is 0.600. The van der Waals surface area contributed by atoms with Crippen molar-refractivity contribution >= 4 is 10.9 Å². The zero-order valence-electron chi connectivity index (χ0n) is 9.09. The van der Waals surface area contributed by atoms with E-state index in [1.807, 2.05) is 24.4 Å². The van der Waals surface area contributed by atoms with Crippen LogP contribution in [-0.4, -0.2) is 9.55 Å². The van der Waals surface area contributed by atoms with E-state index in [0.29, 0.717) is 0 Å². The molecule has 0 amide bonds. The molecule has 0 unspecified atom stereocenters. The topological polar surface area (TPSA) is 17.8 Å². The number of fused-ring (bicyclic) bond motifs is 1. The molecular formula is C14H12N2. The number of aryl methyl sites for hydroxylation is 1. The smallest absolute Gasteiger partial charge is 0.0723 e. The van der Waals surface area contributed by atoms with E-state index in [1.54, 1.807) is 0 Å². The van der Waals surface area contributed by atoms with Crippen LogP contribution in [0.4, 0.5) is 0 Å². The SMILES string of the molecule is Cn1cc(-c2ccccn2)c2ccccc21. The second-order valence-electron chi connectivity index (χ2n) is 3.89. The third-order valence-electron chi connectivity index (χ3n) is 2.84. The van der Waals surface area contributed by atoms with Gasteiger partial charge in [-0.3, -0.25) is 4.98 Å². The van der Waals surface area contributed by atoms with Crippen LogP contribution in [0.2, 0.25) is 0 Å². The Morgan fingerprint density at radius 1 is 1.00 bits per heavy atom. The van der Waals surface area contributed by atoms with Gasteiger partial charge in [0.05, 0.1) is 5.69 Å². The van der Waals surface area contributed by atoms with E-state index in [-0.39, 0.29) is 0 Å². The average molecular weight is 208 g/mol. The van der Waals surface area contributed by atoms with Crippen LogP contribution in [0.25, 0.3) is 22.2 Å². The normalized spacial score (nSPS) is 10.8. The summed E-state index contributed by atoms with van der Waals surface area (Å²) < 4.78 is 2.14. The summed E-state index contributed by atoms with van der Waals surface area (Å²) in [7, 11) is 2.06. The second-order valence-corrected chi connectivity index (χ2v) is 3.89. The first kappa shape index (κ1) is 9.16. The fourth-order valence-electron chi connectivity index (χ4n) is 2.07. The molecule has 0 bridgehead atoms. The van der Waals surface area contributed by atoms with Crippen molar-refractivity contribution in [1.29, 1.82) is 0 Å². The highest BCUT2D eigenvalue weighted by molar-refractivity contribution is 5.95. The van der Waals surface area contributed by atoms with Crippen LogP contribution >= 0.6 is 0 Å². The lowest BCUT2D eigenvalue weighted by molar-refractivity contribution is 0.969. The van der Waals surface area contributed by atoms with Crippen LogP contribution in [0.3, 0.4) is 0 Å². The summed E-state index contributed by atoms with van der Waals surface area (Å²) in [4.78, 5) is 4.40. The molecule has 78 valence electrons. The predicted octanol–water partition coefficient (Wildman–Crippen LogP) is 3.24. The molecule has 3 rings (SSSR count). The maximum absolute atomic E-state index is 4.40. The Balaban J connectivity index is 2.33. The minimum atomic E-state index is 1.03. The summed E-state index contributed by atoms with van der Waals surface area (Å²) in [5.41, 5.74) is 3.46. The molecule has 0 aliphatic carbocycles. The molecule has 1 aromatic carbocycles. The zero-order chi connectivity index (χ0) is 11.0. The van der Waals surface area contributed by atoms with E-state index in [2.05, 4.69) is 47.1 Å². The zero-order valence-corrected chi connectivity index (χ0v) is 9.09. The molecule has 3 aromatic rings. The Hall–Kier alpha value is -2.09. The number of hydrogen-bond donors (Lipinski definition) is 0. The summed E-state index contributed by atoms with van der Waals surface area (Å²) >= 11 is 0. The first-order valence-corrected chi connectivity index (χ1v) is 5.32. The van der Waals surface area contributed by atoms with Crippen LogP contribution in [0.1, 0.15) is 0 Å². The summed E-state index contributed by atoms with van der Waals surface area (Å²) in [6, 6.07) is 14.4. The summed E-state index contributed by atoms with van der Waals surface area (Å²) in [6.07, 6.45) is 3.96. The van der Waals surface area contributed by atoms with E-state index in [4.69, 9.17) is 0 Å². The van der Waals surface area contributed by atoms with Crippen molar-refractivity contribution in [3.05, 3.63) is 54.9 Å². The number of nitrogens with zero attached hydrogens (tertiary/aromatic N) is 2. The van der Waals surface area contributed by atoms with E-state index in [0.717, 1.165) is 5.69 Å². The Labute approximate surface area is 94.2 Å². The number of rotatable bonds is 1. The maximum Gasteiger partial charge on any atom is 0.0723 e. The number of pyridine rings is 1. The van der Waals surface area contributed by atoms with Gasteiger partial charge in [0.15, 0.2) is 0 Å². The highest BCUT2D eigenvalue weighted by Crippen LogP contribution is 2.28. The van der Waals surface area contributed by atoms with Gasteiger partial charge < -0.3 is 4.57 Å². The lowest BCUT2D eigenvalue weighted by Gasteiger charge is -1.96. The van der Waals surface area contributed by atoms with Crippen molar-refractivity contribution < 1.29 is 0 Å². The van der Waals surface area contributed by atoms with Gasteiger partial charge in [-0.1, -0.05) is 24.3 Å². The maximum atomic E-state index is 4.40. The van der Waals surface area contributed by atoms with Gasteiger partial charge in [-0.15, -0.1) is 0 Å². The van der Waals surface area contributed by atoms with Crippen molar-refractivity contribution in [3.8, 4) is 11.3 Å². The van der Waals surface area contributed by atoms with Crippen LogP contribution in [0.15, 0.2) is 54.9 Å². The van der Waals surface area contributed by atoms with Gasteiger partial charge in [0.25, 0.3) is 0 Å². The molecule has 0 aliphatic heterocycles. The standard InChI is InChI=1S/C14H12N2/c1-16-10-12(13-7-4-5-9-15-13)11-6-2-3-8-14(11)16/h2-10H,1H3. The molecule has 0 aliphatic rings. The summed E-state index contributed by atoms with van der Waals surface area (Å²) in [6.45, 7) is 0. The number of para-hydroxylation sites is 1. The molecule has 0 saturated heterocycles. The van der Waals surface area contributed by atoms with Gasteiger partial charge in [-0.2, -0.15) is 0 Å². The molecular weight excluding hydrogens is 196 g/mol. The summed E-state index contributed by atoms with van der Waals surface area (Å²) in [5, 5.41) is 1.25. The van der Waals surface area contributed by atoms with E-state index in [1.165, 1.54) is 16.5 Å². The van der Waals surface area contributed by atoms with Crippen molar-refractivity contribution in [2.24, 2.45) is 7.05 Å². The fourth-order valence-corrected chi connectivity index (χ4v) is 2.07. The molecule has 2 heteroatoms. The molecule has 0 spiro atoms. The van der Waals surface area contributed by atoms with Gasteiger partial charge in [-0.05, 0) is 18.2 Å². The third kappa shape index (κ3) is 1.31. The van der Waals surface area contributed by atoms with Crippen molar-refractivity contribution in [2.45, 2.75) is 0 Å². The summed E-state index contributed by atoms with van der Waals surface area (Å²) in [5.74, 6) is 0. The van der Waals surface area contributed by atoms with Crippen LogP contribution < -0.4 is 0 Å². The van der Waals surface area contributed by atoms with Gasteiger partial charge >= 0.3 is 0 Å². The molecule has 0 saturated carbocycles. The molecule has 2 heterocycles. The minimum Gasteiger partial charge on any atom is -0.350 e. The first-order chi connectivity index (χ1) is 7.86. The largest absolute Gasteiger partial charge is 0.350 e. The van der Waals surface area contributed by atoms with Gasteiger partial charge in [0.1, 0.15) is 0 Å². The number of aromatic nitrogens is 2. The van der Waals surface area contributed by atoms with Crippen molar-refractivity contribution in [1.82, 2.24) is 9.55 Å². The van der Waals surface area contributed by atoms with Crippen LogP contribution in [0, 0.1) is 0 Å². The van der Waals surface area contributed by atoms with E-state index >= 15 is 0 Å². The average Bonchev–Trinajstić information content (AvgIpc) is 2.69. The highest BCUT2D eigenvalue weighted by Gasteiger charge is 2.07. The van der Waals surface area contributed by atoms with Gasteiger partial charge in [-0.25, -0.2) is 0 Å². The van der Waals surface area contributed by atoms with Gasteiger partial charge in [0, 0.05) is 35.9 Å². The monoisotopic (exact) mass is 208 g/mol. The highest BCUT2D eigenvalue weighted by atomic mass is 14.9. The predicted molar refractivity (Wildman–Crippen MR) is 66.2 cm³/mol. The fraction of sp³-hybridized carbons (Fsp3) is 0.0714. The van der Waals surface area contributed by atoms with E-state index in [9.17, 15) is 0 Å². The lowest BCUT2D eigenvalue weighted by atomic mass is 10.1. The van der Waals surface area contributed by atoms with Crippen LogP contribution in [0.5, 0.6) is 0 Å². The molecule has 2 aromatic heterocycles. The lowest BCUT2D eigenvalue weighted by Crippen LogP contribution is -1.82.